The molecule has 1 N–H and O–H groups in total. The first-order valence-electron chi connectivity index (χ1n) is 6.20. The van der Waals surface area contributed by atoms with Crippen molar-refractivity contribution in [1.82, 2.24) is 4.90 Å². The Kier molecular flexibility index (Phi) is 3.64. The third kappa shape index (κ3) is 2.50. The molecule has 0 radical (unpaired) electrons. The second-order valence-electron chi connectivity index (χ2n) is 4.56. The molecule has 1 atom stereocenters. The summed E-state index contributed by atoms with van der Waals surface area (Å²) in [6.07, 6.45) is 0.375. The number of hydrogen-bond acceptors (Lipinski definition) is 3. The maximum Gasteiger partial charge on any atom is 0.305 e. The number of nitrogens with zero attached hydrogens (tertiary/aromatic N) is 1. The number of carboxylic acids is 1. The fraction of sp³-hybridized carbons (Fsp3) is 0.357. The highest BCUT2D eigenvalue weighted by Gasteiger charge is 2.35. The standard InChI is InChI=1S/C14H15NO4/c1-2-10(8-13(17)18)15-12(16)7-9-5-3-4-6-11(9)14(15)19/h3-6,10H,2,7-8H2,1H3,(H,17,18). The summed E-state index contributed by atoms with van der Waals surface area (Å²) in [5, 5.41) is 8.86. The summed E-state index contributed by atoms with van der Waals surface area (Å²) < 4.78 is 0. The van der Waals surface area contributed by atoms with Gasteiger partial charge in [0, 0.05) is 5.56 Å². The lowest BCUT2D eigenvalue weighted by Gasteiger charge is -2.32. The molecular weight excluding hydrogens is 246 g/mol. The van der Waals surface area contributed by atoms with Crippen LogP contribution in [-0.4, -0.2) is 33.8 Å². The van der Waals surface area contributed by atoms with Gasteiger partial charge in [0.25, 0.3) is 5.91 Å². The van der Waals surface area contributed by atoms with Gasteiger partial charge < -0.3 is 5.11 Å². The molecule has 1 aromatic rings. The number of rotatable bonds is 4. The number of carbonyl (C=O) groups excluding carboxylic acids is 2. The summed E-state index contributed by atoms with van der Waals surface area (Å²) in [6, 6.07) is 6.36. The minimum absolute atomic E-state index is 0.151. The summed E-state index contributed by atoms with van der Waals surface area (Å²) >= 11 is 0. The van der Waals surface area contributed by atoms with E-state index < -0.39 is 12.0 Å². The largest absolute Gasteiger partial charge is 0.481 e. The van der Waals surface area contributed by atoms with Crippen molar-refractivity contribution in [2.24, 2.45) is 0 Å². The van der Waals surface area contributed by atoms with Crippen LogP contribution in [0.3, 0.4) is 0 Å². The van der Waals surface area contributed by atoms with E-state index in [0.29, 0.717) is 17.5 Å². The van der Waals surface area contributed by atoms with Gasteiger partial charge in [-0.15, -0.1) is 0 Å². The Morgan fingerprint density at radius 3 is 2.68 bits per heavy atom. The average Bonchev–Trinajstić information content (AvgIpc) is 2.37. The highest BCUT2D eigenvalue weighted by atomic mass is 16.4. The van der Waals surface area contributed by atoms with E-state index in [1.165, 1.54) is 0 Å². The third-order valence-electron chi connectivity index (χ3n) is 3.32. The van der Waals surface area contributed by atoms with Gasteiger partial charge in [-0.1, -0.05) is 25.1 Å². The summed E-state index contributed by atoms with van der Waals surface area (Å²) in [5.41, 5.74) is 1.20. The van der Waals surface area contributed by atoms with Crippen molar-refractivity contribution in [1.29, 1.82) is 0 Å². The molecule has 0 saturated heterocycles. The van der Waals surface area contributed by atoms with Crippen LogP contribution < -0.4 is 0 Å². The molecule has 0 aliphatic carbocycles. The van der Waals surface area contributed by atoms with E-state index in [0.717, 1.165) is 4.90 Å². The summed E-state index contributed by atoms with van der Waals surface area (Å²) in [5.74, 6) is -1.72. The van der Waals surface area contributed by atoms with Crippen molar-refractivity contribution < 1.29 is 19.5 Å². The van der Waals surface area contributed by atoms with Crippen LogP contribution in [0.4, 0.5) is 0 Å². The number of carboxylic acid groups (broad SMARTS) is 1. The van der Waals surface area contributed by atoms with E-state index >= 15 is 0 Å². The predicted octanol–water partition coefficient (Wildman–Crippen LogP) is 1.46. The van der Waals surface area contributed by atoms with Gasteiger partial charge in [0.05, 0.1) is 18.9 Å². The van der Waals surface area contributed by atoms with Crippen molar-refractivity contribution >= 4 is 17.8 Å². The Labute approximate surface area is 110 Å². The van der Waals surface area contributed by atoms with Gasteiger partial charge in [0.15, 0.2) is 0 Å². The van der Waals surface area contributed by atoms with Crippen LogP contribution in [0.5, 0.6) is 0 Å². The van der Waals surface area contributed by atoms with Crippen molar-refractivity contribution in [3.05, 3.63) is 35.4 Å². The summed E-state index contributed by atoms with van der Waals surface area (Å²) in [4.78, 5) is 36.3. The molecule has 5 nitrogen and oxygen atoms in total. The lowest BCUT2D eigenvalue weighted by Crippen LogP contribution is -2.49. The number of aliphatic carboxylic acids is 1. The van der Waals surface area contributed by atoms with E-state index in [4.69, 9.17) is 5.11 Å². The summed E-state index contributed by atoms with van der Waals surface area (Å²) in [7, 11) is 0. The van der Waals surface area contributed by atoms with Crippen LogP contribution in [-0.2, 0) is 16.0 Å². The number of hydrogen-bond donors (Lipinski definition) is 1. The Morgan fingerprint density at radius 2 is 2.05 bits per heavy atom. The maximum atomic E-state index is 12.3. The van der Waals surface area contributed by atoms with E-state index in [9.17, 15) is 14.4 Å². The van der Waals surface area contributed by atoms with E-state index in [1.807, 2.05) is 0 Å². The highest BCUT2D eigenvalue weighted by molar-refractivity contribution is 6.10. The number of fused-ring (bicyclic) bond motifs is 1. The Morgan fingerprint density at radius 1 is 1.37 bits per heavy atom. The van der Waals surface area contributed by atoms with Gasteiger partial charge in [0.2, 0.25) is 5.91 Å². The monoisotopic (exact) mass is 261 g/mol. The molecule has 2 amide bonds. The van der Waals surface area contributed by atoms with E-state index in [-0.39, 0.29) is 24.7 Å². The molecule has 5 heteroatoms. The topological polar surface area (TPSA) is 74.7 Å². The molecule has 0 spiro atoms. The van der Waals surface area contributed by atoms with Gasteiger partial charge in [0.1, 0.15) is 0 Å². The molecular formula is C14H15NO4. The minimum Gasteiger partial charge on any atom is -0.481 e. The zero-order valence-electron chi connectivity index (χ0n) is 10.6. The normalized spacial score (nSPS) is 16.2. The minimum atomic E-state index is -1.01. The molecule has 19 heavy (non-hydrogen) atoms. The fourth-order valence-corrected chi connectivity index (χ4v) is 2.36. The first-order valence-corrected chi connectivity index (χ1v) is 6.20. The average molecular weight is 261 g/mol. The predicted molar refractivity (Wildman–Crippen MR) is 67.7 cm³/mol. The van der Waals surface area contributed by atoms with Gasteiger partial charge >= 0.3 is 5.97 Å². The van der Waals surface area contributed by atoms with Crippen molar-refractivity contribution in [3.8, 4) is 0 Å². The van der Waals surface area contributed by atoms with Crippen LogP contribution in [0.2, 0.25) is 0 Å². The molecule has 0 saturated carbocycles. The zero-order valence-corrected chi connectivity index (χ0v) is 10.6. The lowest BCUT2D eigenvalue weighted by atomic mass is 9.96. The molecule has 2 rings (SSSR count). The van der Waals surface area contributed by atoms with Crippen LogP contribution in [0, 0.1) is 0 Å². The number of benzene rings is 1. The molecule has 0 aromatic heterocycles. The molecule has 100 valence electrons. The van der Waals surface area contributed by atoms with Crippen molar-refractivity contribution in [2.75, 3.05) is 0 Å². The molecule has 1 aromatic carbocycles. The summed E-state index contributed by atoms with van der Waals surface area (Å²) in [6.45, 7) is 1.77. The van der Waals surface area contributed by atoms with Gasteiger partial charge in [-0.2, -0.15) is 0 Å². The molecule has 1 aliphatic rings. The second kappa shape index (κ2) is 5.22. The van der Waals surface area contributed by atoms with Crippen LogP contribution >= 0.6 is 0 Å². The number of amides is 2. The zero-order chi connectivity index (χ0) is 14.0. The Balaban J connectivity index is 2.34. The van der Waals surface area contributed by atoms with Crippen molar-refractivity contribution in [2.45, 2.75) is 32.2 Å². The highest BCUT2D eigenvalue weighted by Crippen LogP contribution is 2.23. The lowest BCUT2D eigenvalue weighted by molar-refractivity contribution is -0.139. The first kappa shape index (κ1) is 13.3. The Hall–Kier alpha value is -2.17. The third-order valence-corrected chi connectivity index (χ3v) is 3.32. The van der Waals surface area contributed by atoms with Crippen LogP contribution in [0.15, 0.2) is 24.3 Å². The van der Waals surface area contributed by atoms with Crippen LogP contribution in [0.1, 0.15) is 35.7 Å². The molecule has 0 bridgehead atoms. The molecule has 0 fully saturated rings. The number of imide groups is 1. The smallest absolute Gasteiger partial charge is 0.305 e. The molecule has 1 heterocycles. The SMILES string of the molecule is CCC(CC(=O)O)N1C(=O)Cc2ccccc2C1=O. The van der Waals surface area contributed by atoms with Gasteiger partial charge in [-0.05, 0) is 18.1 Å². The van der Waals surface area contributed by atoms with Crippen LogP contribution in [0.25, 0.3) is 0 Å². The van der Waals surface area contributed by atoms with Gasteiger partial charge in [-0.3, -0.25) is 19.3 Å². The first-order chi connectivity index (χ1) is 9.04. The van der Waals surface area contributed by atoms with E-state index in [1.54, 1.807) is 31.2 Å². The molecule has 1 unspecified atom stereocenters. The van der Waals surface area contributed by atoms with E-state index in [2.05, 4.69) is 0 Å². The quantitative estimate of drug-likeness (QED) is 0.833. The van der Waals surface area contributed by atoms with Gasteiger partial charge in [-0.25, -0.2) is 0 Å². The Bertz CT molecular complexity index is 538. The number of carbonyl (C=O) groups is 3. The molecule has 1 aliphatic heterocycles. The van der Waals surface area contributed by atoms with Crippen molar-refractivity contribution in [3.63, 3.8) is 0 Å². The second-order valence-corrected chi connectivity index (χ2v) is 4.56. The fourth-order valence-electron chi connectivity index (χ4n) is 2.36. The maximum absolute atomic E-state index is 12.3.